The number of rotatable bonds is 7. The van der Waals surface area contributed by atoms with Crippen molar-refractivity contribution in [3.63, 3.8) is 0 Å². The molecule has 0 aliphatic rings. The van der Waals surface area contributed by atoms with Gasteiger partial charge in [0.05, 0.1) is 22.2 Å². The smallest absolute Gasteiger partial charge is 0.252 e. The Hall–Kier alpha value is -1.31. The van der Waals surface area contributed by atoms with Crippen molar-refractivity contribution in [1.82, 2.24) is 10.6 Å². The minimum Gasteiger partial charge on any atom is -0.355 e. The van der Waals surface area contributed by atoms with Crippen LogP contribution in [0.15, 0.2) is 42.5 Å². The average Bonchev–Trinajstić information content (AvgIpc) is 2.60. The Morgan fingerprint density at radius 1 is 1.00 bits per heavy atom. The maximum atomic E-state index is 12.0. The Labute approximate surface area is 170 Å². The SMILES string of the molecule is O=C(CNC(=O)c1ccccc1I)NCCCc1ccc(Cl)c(Cl)c1. The first-order valence-electron chi connectivity index (χ1n) is 7.70. The maximum absolute atomic E-state index is 12.0. The number of nitrogens with one attached hydrogen (secondary N) is 2. The molecule has 0 radical (unpaired) electrons. The average molecular weight is 491 g/mol. The summed E-state index contributed by atoms with van der Waals surface area (Å²) in [6, 6.07) is 12.7. The Bertz CT molecular complexity index is 768. The lowest BCUT2D eigenvalue weighted by Crippen LogP contribution is -2.37. The van der Waals surface area contributed by atoms with E-state index in [9.17, 15) is 9.59 Å². The fourth-order valence-corrected chi connectivity index (χ4v) is 3.13. The molecule has 4 nitrogen and oxygen atoms in total. The molecule has 7 heteroatoms. The van der Waals surface area contributed by atoms with Crippen molar-refractivity contribution in [3.05, 3.63) is 67.2 Å². The van der Waals surface area contributed by atoms with Crippen LogP contribution in [0, 0.1) is 3.57 Å². The number of aryl methyl sites for hydroxylation is 1. The monoisotopic (exact) mass is 490 g/mol. The number of carbonyl (C=O) groups excluding carboxylic acids is 2. The Morgan fingerprint density at radius 3 is 2.48 bits per heavy atom. The molecule has 0 saturated carbocycles. The molecule has 0 saturated heterocycles. The number of carbonyl (C=O) groups is 2. The largest absolute Gasteiger partial charge is 0.355 e. The van der Waals surface area contributed by atoms with Crippen LogP contribution in [0.3, 0.4) is 0 Å². The van der Waals surface area contributed by atoms with Crippen LogP contribution in [0.25, 0.3) is 0 Å². The highest BCUT2D eigenvalue weighted by Crippen LogP contribution is 2.23. The van der Waals surface area contributed by atoms with Crippen molar-refractivity contribution in [3.8, 4) is 0 Å². The van der Waals surface area contributed by atoms with Gasteiger partial charge in [0, 0.05) is 10.1 Å². The topological polar surface area (TPSA) is 58.2 Å². The normalized spacial score (nSPS) is 10.4. The van der Waals surface area contributed by atoms with Crippen molar-refractivity contribution in [2.75, 3.05) is 13.1 Å². The third-order valence-electron chi connectivity index (χ3n) is 3.48. The molecule has 2 aromatic rings. The third kappa shape index (κ3) is 6.49. The Kier molecular flexibility index (Phi) is 7.99. The van der Waals surface area contributed by atoms with E-state index in [0.29, 0.717) is 22.2 Å². The summed E-state index contributed by atoms with van der Waals surface area (Å²) < 4.78 is 0.847. The minimum atomic E-state index is -0.254. The molecule has 25 heavy (non-hydrogen) atoms. The zero-order chi connectivity index (χ0) is 18.2. The van der Waals surface area contributed by atoms with Gasteiger partial charge in [-0.3, -0.25) is 9.59 Å². The van der Waals surface area contributed by atoms with Crippen LogP contribution in [-0.4, -0.2) is 24.9 Å². The first-order valence-corrected chi connectivity index (χ1v) is 9.54. The molecule has 132 valence electrons. The van der Waals surface area contributed by atoms with Crippen LogP contribution in [0.4, 0.5) is 0 Å². The molecule has 2 aromatic carbocycles. The predicted molar refractivity (Wildman–Crippen MR) is 109 cm³/mol. The summed E-state index contributed by atoms with van der Waals surface area (Å²) in [7, 11) is 0. The number of hydrogen-bond acceptors (Lipinski definition) is 2. The molecule has 2 amide bonds. The van der Waals surface area contributed by atoms with Crippen LogP contribution >= 0.6 is 45.8 Å². The fourth-order valence-electron chi connectivity index (χ4n) is 2.18. The number of halogens is 3. The molecule has 2 rings (SSSR count). The van der Waals surface area contributed by atoms with Crippen LogP contribution in [-0.2, 0) is 11.2 Å². The molecule has 0 aromatic heterocycles. The fraction of sp³-hybridized carbons (Fsp3) is 0.222. The summed E-state index contributed by atoms with van der Waals surface area (Å²) in [6.45, 7) is 0.481. The van der Waals surface area contributed by atoms with Gasteiger partial charge >= 0.3 is 0 Å². The van der Waals surface area contributed by atoms with E-state index in [1.807, 2.05) is 24.3 Å². The van der Waals surface area contributed by atoms with E-state index in [2.05, 4.69) is 33.2 Å². The quantitative estimate of drug-likeness (QED) is 0.454. The molecule has 2 N–H and O–H groups in total. The van der Waals surface area contributed by atoms with Gasteiger partial charge in [-0.1, -0.05) is 41.4 Å². The maximum Gasteiger partial charge on any atom is 0.252 e. The third-order valence-corrected chi connectivity index (χ3v) is 5.16. The van der Waals surface area contributed by atoms with Gasteiger partial charge < -0.3 is 10.6 Å². The first-order chi connectivity index (χ1) is 12.0. The second-order valence-electron chi connectivity index (χ2n) is 5.36. The van der Waals surface area contributed by atoms with E-state index >= 15 is 0 Å². The lowest BCUT2D eigenvalue weighted by atomic mass is 10.1. The number of benzene rings is 2. The number of hydrogen-bond donors (Lipinski definition) is 2. The Balaban J connectivity index is 1.68. The zero-order valence-corrected chi connectivity index (χ0v) is 17.0. The summed E-state index contributed by atoms with van der Waals surface area (Å²) in [5.74, 6) is -0.468. The molecule has 0 atom stereocenters. The van der Waals surface area contributed by atoms with E-state index < -0.39 is 0 Å². The van der Waals surface area contributed by atoms with E-state index in [0.717, 1.165) is 22.0 Å². The van der Waals surface area contributed by atoms with Crippen LogP contribution < -0.4 is 10.6 Å². The van der Waals surface area contributed by atoms with Crippen molar-refractivity contribution >= 4 is 57.6 Å². The van der Waals surface area contributed by atoms with Crippen LogP contribution in [0.1, 0.15) is 22.3 Å². The molecule has 0 fully saturated rings. The molecule has 0 aliphatic carbocycles. The molecule has 0 unspecified atom stereocenters. The van der Waals surface area contributed by atoms with E-state index in [-0.39, 0.29) is 18.4 Å². The summed E-state index contributed by atoms with van der Waals surface area (Å²) in [5, 5.41) is 6.47. The van der Waals surface area contributed by atoms with Gasteiger partial charge in [-0.05, 0) is 65.3 Å². The van der Waals surface area contributed by atoms with Crippen LogP contribution in [0.2, 0.25) is 10.0 Å². The lowest BCUT2D eigenvalue weighted by molar-refractivity contribution is -0.120. The van der Waals surface area contributed by atoms with Gasteiger partial charge in [-0.15, -0.1) is 0 Å². The second kappa shape index (κ2) is 9.99. The van der Waals surface area contributed by atoms with Crippen molar-refractivity contribution in [1.29, 1.82) is 0 Å². The van der Waals surface area contributed by atoms with Gasteiger partial charge in [-0.2, -0.15) is 0 Å². The summed E-state index contributed by atoms with van der Waals surface area (Å²) >= 11 is 13.9. The molecular formula is C18H17Cl2IN2O2. The van der Waals surface area contributed by atoms with Gasteiger partial charge in [0.2, 0.25) is 5.91 Å². The zero-order valence-electron chi connectivity index (χ0n) is 13.3. The van der Waals surface area contributed by atoms with Crippen molar-refractivity contribution < 1.29 is 9.59 Å². The summed E-state index contributed by atoms with van der Waals surface area (Å²) in [5.41, 5.74) is 1.63. The van der Waals surface area contributed by atoms with Crippen LogP contribution in [0.5, 0.6) is 0 Å². The van der Waals surface area contributed by atoms with Gasteiger partial charge in [0.15, 0.2) is 0 Å². The van der Waals surface area contributed by atoms with E-state index in [1.54, 1.807) is 18.2 Å². The van der Waals surface area contributed by atoms with Gasteiger partial charge in [0.25, 0.3) is 5.91 Å². The molecular weight excluding hydrogens is 474 g/mol. The Morgan fingerprint density at radius 2 is 1.76 bits per heavy atom. The standard InChI is InChI=1S/C18H17Cl2IN2O2/c19-14-8-7-12(10-15(14)20)4-3-9-22-17(24)11-23-18(25)13-5-1-2-6-16(13)21/h1-2,5-8,10H,3-4,9,11H2,(H,22,24)(H,23,25). The van der Waals surface area contributed by atoms with Crippen molar-refractivity contribution in [2.24, 2.45) is 0 Å². The minimum absolute atomic E-state index is 0.0451. The highest BCUT2D eigenvalue weighted by Gasteiger charge is 2.10. The molecule has 0 spiro atoms. The van der Waals surface area contributed by atoms with Gasteiger partial charge in [0.1, 0.15) is 0 Å². The van der Waals surface area contributed by atoms with E-state index in [4.69, 9.17) is 23.2 Å². The summed E-state index contributed by atoms with van der Waals surface area (Å²) in [6.07, 6.45) is 1.56. The lowest BCUT2D eigenvalue weighted by Gasteiger charge is -2.08. The highest BCUT2D eigenvalue weighted by molar-refractivity contribution is 14.1. The van der Waals surface area contributed by atoms with E-state index in [1.165, 1.54) is 0 Å². The molecule has 0 heterocycles. The first kappa shape index (κ1) is 20.0. The predicted octanol–water partition coefficient (Wildman–Crippen LogP) is 4.08. The molecule has 0 bridgehead atoms. The van der Waals surface area contributed by atoms with Gasteiger partial charge in [-0.25, -0.2) is 0 Å². The molecule has 0 aliphatic heterocycles. The highest BCUT2D eigenvalue weighted by atomic mass is 127. The summed E-state index contributed by atoms with van der Waals surface area (Å²) in [4.78, 5) is 23.8. The van der Waals surface area contributed by atoms with Crippen molar-refractivity contribution in [2.45, 2.75) is 12.8 Å². The number of amides is 2. The second-order valence-corrected chi connectivity index (χ2v) is 7.34.